The number of anilines is 6. The first-order chi connectivity index (χ1) is 26.3. The maximum atomic E-state index is 6.65. The van der Waals surface area contributed by atoms with Gasteiger partial charge in [-0.25, -0.2) is 0 Å². The normalized spacial score (nSPS) is 11.4. The third-order valence-electron chi connectivity index (χ3n) is 10.2. The molecule has 3 nitrogen and oxygen atoms in total. The average Bonchev–Trinajstić information content (AvgIpc) is 3.60. The summed E-state index contributed by atoms with van der Waals surface area (Å²) in [7, 11) is 0. The summed E-state index contributed by atoms with van der Waals surface area (Å²) in [6.07, 6.45) is 0. The second-order valence-corrected chi connectivity index (χ2v) is 13.4. The fourth-order valence-electron chi connectivity index (χ4n) is 7.70. The minimum atomic E-state index is 0.861. The van der Waals surface area contributed by atoms with Gasteiger partial charge in [0.15, 0.2) is 0 Å². The Morgan fingerprint density at radius 1 is 0.283 bits per heavy atom. The number of nitrogens with zero attached hydrogens (tertiary/aromatic N) is 2. The Morgan fingerprint density at radius 2 is 0.717 bits per heavy atom. The molecule has 0 spiro atoms. The fraction of sp³-hybridized carbons (Fsp3) is 0. The van der Waals surface area contributed by atoms with Gasteiger partial charge < -0.3 is 14.2 Å². The molecule has 0 bridgehead atoms. The Labute approximate surface area is 308 Å². The Balaban J connectivity index is 1.03. The van der Waals surface area contributed by atoms with E-state index in [4.69, 9.17) is 4.42 Å². The molecule has 3 heteroatoms. The van der Waals surface area contributed by atoms with Crippen LogP contribution in [0.1, 0.15) is 0 Å². The molecular weight excluding hydrogens is 645 g/mol. The molecule has 1 aromatic heterocycles. The monoisotopic (exact) mass is 678 g/mol. The highest BCUT2D eigenvalue weighted by molar-refractivity contribution is 6.08. The molecule has 0 aliphatic rings. The van der Waals surface area contributed by atoms with Crippen LogP contribution in [-0.4, -0.2) is 0 Å². The Kier molecular flexibility index (Phi) is 7.47. The van der Waals surface area contributed by atoms with Crippen molar-refractivity contribution in [3.8, 4) is 11.1 Å². The van der Waals surface area contributed by atoms with Crippen molar-refractivity contribution in [1.82, 2.24) is 0 Å². The van der Waals surface area contributed by atoms with Crippen LogP contribution in [0.25, 0.3) is 54.6 Å². The van der Waals surface area contributed by atoms with Crippen LogP contribution < -0.4 is 9.80 Å². The fourth-order valence-corrected chi connectivity index (χ4v) is 7.70. The number of hydrogen-bond acceptors (Lipinski definition) is 3. The minimum Gasteiger partial charge on any atom is -0.456 e. The summed E-state index contributed by atoms with van der Waals surface area (Å²) in [5.41, 5.74) is 10.6. The lowest BCUT2D eigenvalue weighted by Gasteiger charge is -2.27. The molecular formula is C50H34N2O. The Hall–Kier alpha value is -7.10. The van der Waals surface area contributed by atoms with Gasteiger partial charge in [-0.2, -0.15) is 0 Å². The third kappa shape index (κ3) is 5.47. The molecule has 0 radical (unpaired) electrons. The highest BCUT2D eigenvalue weighted by Crippen LogP contribution is 2.43. The molecule has 0 unspecified atom stereocenters. The molecule has 0 atom stereocenters. The van der Waals surface area contributed by atoms with Gasteiger partial charge in [-0.05, 0) is 94.7 Å². The van der Waals surface area contributed by atoms with E-state index in [1.807, 2.05) is 0 Å². The van der Waals surface area contributed by atoms with E-state index in [1.54, 1.807) is 0 Å². The SMILES string of the molecule is c1ccc(N(c2ccc(-c3ccc4c(c3)oc3cc(N(c5ccccc5)c5cccc6ccccc56)ccc34)cc2)c2cccc3ccccc23)cc1. The van der Waals surface area contributed by atoms with Crippen LogP contribution in [0.3, 0.4) is 0 Å². The highest BCUT2D eigenvalue weighted by Gasteiger charge is 2.18. The lowest BCUT2D eigenvalue weighted by atomic mass is 10.0. The first-order valence-corrected chi connectivity index (χ1v) is 18.0. The van der Waals surface area contributed by atoms with Gasteiger partial charge in [-0.3, -0.25) is 0 Å². The first kappa shape index (κ1) is 30.7. The number of benzene rings is 9. The van der Waals surface area contributed by atoms with Crippen LogP contribution in [0.5, 0.6) is 0 Å². The van der Waals surface area contributed by atoms with Gasteiger partial charge in [0.1, 0.15) is 11.2 Å². The molecule has 0 saturated heterocycles. The molecule has 9 aromatic carbocycles. The molecule has 250 valence electrons. The maximum absolute atomic E-state index is 6.65. The molecule has 0 N–H and O–H groups in total. The third-order valence-corrected chi connectivity index (χ3v) is 10.2. The summed E-state index contributed by atoms with van der Waals surface area (Å²) in [5.74, 6) is 0. The predicted octanol–water partition coefficient (Wildman–Crippen LogP) is 14.5. The molecule has 0 fully saturated rings. The second kappa shape index (κ2) is 12.9. The van der Waals surface area contributed by atoms with Gasteiger partial charge in [-0.15, -0.1) is 0 Å². The van der Waals surface area contributed by atoms with E-state index >= 15 is 0 Å². The van der Waals surface area contributed by atoms with Crippen LogP contribution in [0.2, 0.25) is 0 Å². The molecule has 0 saturated carbocycles. The minimum absolute atomic E-state index is 0.861. The van der Waals surface area contributed by atoms with Gasteiger partial charge in [0.25, 0.3) is 0 Å². The van der Waals surface area contributed by atoms with Crippen LogP contribution in [-0.2, 0) is 0 Å². The van der Waals surface area contributed by atoms with Crippen LogP contribution >= 0.6 is 0 Å². The van der Waals surface area contributed by atoms with Crippen LogP contribution in [0.4, 0.5) is 34.1 Å². The number of rotatable bonds is 7. The standard InChI is InChI=1S/C50H34N2O/c1-3-17-39(18-4-1)51(47-23-11-15-36-13-7-9-21-43(36)47)41-28-25-35(26-29-41)38-27-31-45-46-32-30-42(34-50(46)53-49(45)33-38)52(40-19-5-2-6-20-40)48-24-12-16-37-14-8-10-22-44(37)48/h1-34H. The lowest BCUT2D eigenvalue weighted by molar-refractivity contribution is 0.669. The molecule has 10 rings (SSSR count). The average molecular weight is 679 g/mol. The van der Waals surface area contributed by atoms with Crippen LogP contribution in [0, 0.1) is 0 Å². The molecule has 10 aromatic rings. The zero-order valence-electron chi connectivity index (χ0n) is 28.9. The van der Waals surface area contributed by atoms with Crippen molar-refractivity contribution < 1.29 is 4.42 Å². The van der Waals surface area contributed by atoms with E-state index in [2.05, 4.69) is 216 Å². The number of para-hydroxylation sites is 2. The molecule has 1 heterocycles. The summed E-state index contributed by atoms with van der Waals surface area (Å²) in [4.78, 5) is 4.65. The maximum Gasteiger partial charge on any atom is 0.137 e. The summed E-state index contributed by atoms with van der Waals surface area (Å²) in [5, 5.41) is 7.04. The van der Waals surface area contributed by atoms with Crippen molar-refractivity contribution in [2.45, 2.75) is 0 Å². The summed E-state index contributed by atoms with van der Waals surface area (Å²) < 4.78 is 6.65. The molecule has 0 aliphatic heterocycles. The van der Waals surface area contributed by atoms with Crippen molar-refractivity contribution in [2.75, 3.05) is 9.80 Å². The smallest absolute Gasteiger partial charge is 0.137 e. The molecule has 0 amide bonds. The van der Waals surface area contributed by atoms with Crippen molar-refractivity contribution in [1.29, 1.82) is 0 Å². The van der Waals surface area contributed by atoms with Gasteiger partial charge in [0.2, 0.25) is 0 Å². The van der Waals surface area contributed by atoms with Crippen molar-refractivity contribution in [2.24, 2.45) is 0 Å². The van der Waals surface area contributed by atoms with E-state index in [0.29, 0.717) is 0 Å². The zero-order chi connectivity index (χ0) is 35.1. The number of furan rings is 1. The summed E-state index contributed by atoms with van der Waals surface area (Å²) in [6, 6.07) is 73.2. The van der Waals surface area contributed by atoms with E-state index < -0.39 is 0 Å². The zero-order valence-corrected chi connectivity index (χ0v) is 28.9. The predicted molar refractivity (Wildman–Crippen MR) is 224 cm³/mol. The Morgan fingerprint density at radius 3 is 1.32 bits per heavy atom. The summed E-state index contributed by atoms with van der Waals surface area (Å²) in [6.45, 7) is 0. The topological polar surface area (TPSA) is 19.6 Å². The quantitative estimate of drug-likeness (QED) is 0.167. The summed E-state index contributed by atoms with van der Waals surface area (Å²) >= 11 is 0. The van der Waals surface area contributed by atoms with E-state index in [9.17, 15) is 0 Å². The number of fused-ring (bicyclic) bond motifs is 5. The second-order valence-electron chi connectivity index (χ2n) is 13.4. The molecule has 53 heavy (non-hydrogen) atoms. The van der Waals surface area contributed by atoms with E-state index in [0.717, 1.165) is 67.2 Å². The van der Waals surface area contributed by atoms with Gasteiger partial charge in [-0.1, -0.05) is 127 Å². The highest BCUT2D eigenvalue weighted by atomic mass is 16.3. The largest absolute Gasteiger partial charge is 0.456 e. The van der Waals surface area contributed by atoms with E-state index in [-0.39, 0.29) is 0 Å². The van der Waals surface area contributed by atoms with Crippen molar-refractivity contribution in [3.63, 3.8) is 0 Å². The lowest BCUT2D eigenvalue weighted by Crippen LogP contribution is -2.10. The van der Waals surface area contributed by atoms with Gasteiger partial charge in [0.05, 0.1) is 11.4 Å². The van der Waals surface area contributed by atoms with Crippen molar-refractivity contribution >= 4 is 77.6 Å². The Bertz CT molecular complexity index is 2880. The van der Waals surface area contributed by atoms with Crippen molar-refractivity contribution in [3.05, 3.63) is 206 Å². The number of hydrogen-bond donors (Lipinski definition) is 0. The van der Waals surface area contributed by atoms with Gasteiger partial charge in [0, 0.05) is 50.4 Å². The van der Waals surface area contributed by atoms with Crippen LogP contribution in [0.15, 0.2) is 211 Å². The molecule has 0 aliphatic carbocycles. The van der Waals surface area contributed by atoms with E-state index in [1.165, 1.54) is 21.5 Å². The first-order valence-electron chi connectivity index (χ1n) is 18.0. The van der Waals surface area contributed by atoms with Gasteiger partial charge >= 0.3 is 0 Å².